The first-order valence-electron chi connectivity index (χ1n) is 35.6. The van der Waals surface area contributed by atoms with Crippen LogP contribution in [0, 0.1) is 49.0 Å². The van der Waals surface area contributed by atoms with E-state index >= 15 is 17.6 Å². The summed E-state index contributed by atoms with van der Waals surface area (Å²) in [5, 5.41) is 33.1. The second-order valence-electron chi connectivity index (χ2n) is 25.7. The number of amides is 2. The molecule has 0 spiro atoms. The Morgan fingerprint density at radius 2 is 0.908 bits per heavy atom. The number of halogens is 7. The highest BCUT2D eigenvalue weighted by atomic mass is 79.9. The van der Waals surface area contributed by atoms with Gasteiger partial charge < -0.3 is 67.8 Å². The zero-order valence-corrected chi connectivity index (χ0v) is 67.7. The van der Waals surface area contributed by atoms with Crippen molar-refractivity contribution in [1.29, 1.82) is 0 Å². The van der Waals surface area contributed by atoms with Crippen molar-refractivity contribution in [2.24, 2.45) is 0 Å². The number of oxazole rings is 2. The minimum Gasteiger partial charge on any atom is -0.497 e. The predicted octanol–water partition coefficient (Wildman–Crippen LogP) is 12.7. The normalized spacial score (nSPS) is 11.8. The van der Waals surface area contributed by atoms with Crippen LogP contribution < -0.4 is 44.5 Å². The number of anilines is 2. The highest BCUT2D eigenvalue weighted by molar-refractivity contribution is 9.10. The van der Waals surface area contributed by atoms with Crippen LogP contribution in [0.3, 0.4) is 0 Å². The SMILES string of the molecule is CCOCc1cc(OC)c(-c2ccc(C[C@H](NC(=O)c3c(F)cc(NS(=O)(=O)c4ccc(-c5ccnc(F)c5)cc4)cc3F)C(=O)O)c3nc(C)oc23)c(OC)c1.CCOCc1cc(OC)c(B(O)O)c(OC)c1.COC(=O)[C@H](Cc1ccc(Br)c2oc(C)nc12)NC(=O)c1c(F)cc(NS(=O)(=O)c2ccc(-c3ccnc(F)c3)cc2)cc1F. The summed E-state index contributed by atoms with van der Waals surface area (Å²) >= 11 is 3.36. The van der Waals surface area contributed by atoms with E-state index in [1.165, 1.54) is 108 Å². The Bertz CT molecular complexity index is 5920. The maximum Gasteiger partial charge on any atom is 0.496 e. The summed E-state index contributed by atoms with van der Waals surface area (Å²) in [4.78, 5) is 66.4. The number of esters is 1. The lowest BCUT2D eigenvalue weighted by Gasteiger charge is -2.18. The van der Waals surface area contributed by atoms with Crippen molar-refractivity contribution >= 4 is 106 Å². The van der Waals surface area contributed by atoms with Gasteiger partial charge in [-0.25, -0.2) is 63.9 Å². The quantitative estimate of drug-likeness (QED) is 0.00951. The van der Waals surface area contributed by atoms with Crippen molar-refractivity contribution in [3.05, 3.63) is 243 Å². The number of aryl methyl sites for hydroxylation is 2. The number of nitrogens with zero attached hydrogens (tertiary/aromatic N) is 4. The Morgan fingerprint density at radius 1 is 0.513 bits per heavy atom. The van der Waals surface area contributed by atoms with E-state index in [1.807, 2.05) is 13.8 Å². The predicted molar refractivity (Wildman–Crippen MR) is 427 cm³/mol. The van der Waals surface area contributed by atoms with Gasteiger partial charge >= 0.3 is 19.1 Å². The van der Waals surface area contributed by atoms with Gasteiger partial charge in [0.1, 0.15) is 80.5 Å². The highest BCUT2D eigenvalue weighted by Crippen LogP contribution is 2.44. The summed E-state index contributed by atoms with van der Waals surface area (Å²) in [5.74, 6) is -9.97. The van der Waals surface area contributed by atoms with Gasteiger partial charge in [0.05, 0.1) is 85.4 Å². The lowest BCUT2D eigenvalue weighted by Crippen LogP contribution is -2.43. The summed E-state index contributed by atoms with van der Waals surface area (Å²) in [5.41, 5.74) is 3.78. The number of methoxy groups -OCH3 is 5. The van der Waals surface area contributed by atoms with Gasteiger partial charge in [0.25, 0.3) is 31.9 Å². The summed E-state index contributed by atoms with van der Waals surface area (Å²) in [6.45, 7) is 8.85. The molecule has 4 heterocycles. The molecular formula is C81H74BBrF6N8O20S2. The molecule has 0 aliphatic heterocycles. The molecule has 0 saturated carbocycles. The van der Waals surface area contributed by atoms with Crippen LogP contribution in [-0.4, -0.2) is 144 Å². The number of pyridine rings is 2. The number of hydrogen-bond acceptors (Lipinski definition) is 23. The molecule has 2 amide bonds. The molecule has 38 heteroatoms. The number of hydrogen-bond donors (Lipinski definition) is 7. The van der Waals surface area contributed by atoms with Crippen molar-refractivity contribution in [3.8, 4) is 56.4 Å². The van der Waals surface area contributed by atoms with Crippen molar-refractivity contribution in [3.63, 3.8) is 0 Å². The number of ether oxygens (including phenoxy) is 7. The molecule has 0 saturated heterocycles. The van der Waals surface area contributed by atoms with E-state index in [-0.39, 0.29) is 45.1 Å². The van der Waals surface area contributed by atoms with E-state index in [2.05, 4.69) is 55.9 Å². The van der Waals surface area contributed by atoms with Gasteiger partial charge in [-0.05, 0) is 171 Å². The molecule has 12 aromatic rings. The smallest absolute Gasteiger partial charge is 0.496 e. The molecule has 7 N–H and O–H groups in total. The van der Waals surface area contributed by atoms with Crippen LogP contribution in [0.2, 0.25) is 0 Å². The molecule has 12 rings (SSSR count). The van der Waals surface area contributed by atoms with Crippen molar-refractivity contribution < 1.29 is 120 Å². The van der Waals surface area contributed by atoms with Crippen LogP contribution in [0.5, 0.6) is 23.0 Å². The third kappa shape index (κ3) is 21.5. The van der Waals surface area contributed by atoms with E-state index in [9.17, 15) is 59.9 Å². The second kappa shape index (κ2) is 39.2. The number of nitrogens with one attached hydrogen (secondary N) is 4. The molecule has 0 aliphatic rings. The van der Waals surface area contributed by atoms with E-state index in [0.29, 0.717) is 140 Å². The lowest BCUT2D eigenvalue weighted by atomic mass is 9.78. The minimum absolute atomic E-state index is 0.149. The number of carboxylic acid groups (broad SMARTS) is 1. The van der Waals surface area contributed by atoms with Gasteiger partial charge in [-0.15, -0.1) is 0 Å². The van der Waals surface area contributed by atoms with Crippen molar-refractivity contribution in [2.75, 3.05) is 58.2 Å². The number of carbonyl (C=O) groups excluding carboxylic acids is 3. The maximum atomic E-state index is 15.3. The molecule has 28 nitrogen and oxygen atoms in total. The molecule has 0 radical (unpaired) electrons. The number of aromatic nitrogens is 4. The number of aliphatic carboxylic acids is 1. The molecule has 622 valence electrons. The van der Waals surface area contributed by atoms with Gasteiger partial charge in [0.2, 0.25) is 11.9 Å². The molecular weight excluding hydrogens is 1670 g/mol. The minimum atomic E-state index is -4.38. The first-order valence-corrected chi connectivity index (χ1v) is 39.3. The standard InChI is InChI=1S/C40H35F3N4O9S.C30H22BrF3N4O6S.C11H17BO5/c1-5-55-20-22-14-32(53-3)35(33(15-22)54-4)28-11-8-25(37-38(28)56-21(2)45-37)16-31(40(49)50)46-39(48)36-29(41)18-26(19-30(36)42)47-57(51,52)27-9-6-23(7-10-27)24-12-13-44-34(43)17-24;1-15-36-27-18(5-8-21(31)28(27)44-15)11-24(30(40)43-2)37-29(39)26-22(32)13-19(14-23(26)33)38-45(41,42)20-6-3-16(4-7-20)17-9-10-35-25(34)12-17;1-4-17-7-8-5-9(15-2)11(12(13)14)10(6-8)16-3/h6-15,17-19,31,47H,5,16,20H2,1-4H3,(H,46,48)(H,49,50);3-10,12-14,24,38H,11H2,1-2H3,(H,37,39);5-6,13-14H,4,7H2,1-3H3/t31-;24-;/m00./s1. The summed E-state index contributed by atoms with van der Waals surface area (Å²) < 4.78 is 193. The van der Waals surface area contributed by atoms with Crippen molar-refractivity contribution in [1.82, 2.24) is 30.6 Å². The molecule has 2 atom stereocenters. The molecule has 0 aliphatic carbocycles. The zero-order valence-electron chi connectivity index (χ0n) is 64.5. The van der Waals surface area contributed by atoms with Gasteiger partial charge in [-0.1, -0.05) is 36.4 Å². The van der Waals surface area contributed by atoms with Crippen LogP contribution in [-0.2, 0) is 69.9 Å². The fourth-order valence-corrected chi connectivity index (χ4v) is 14.8. The molecule has 0 fully saturated rings. The fourth-order valence-electron chi connectivity index (χ4n) is 12.3. The number of benzene rings is 8. The molecule has 119 heavy (non-hydrogen) atoms. The third-order valence-corrected chi connectivity index (χ3v) is 21.2. The summed E-state index contributed by atoms with van der Waals surface area (Å²) in [6, 6.07) is 28.9. The Balaban J connectivity index is 0.000000213. The number of fused-ring (bicyclic) bond motifs is 2. The van der Waals surface area contributed by atoms with Crippen LogP contribution in [0.4, 0.5) is 37.7 Å². The van der Waals surface area contributed by atoms with E-state index in [4.69, 9.17) is 42.0 Å². The lowest BCUT2D eigenvalue weighted by molar-refractivity contribution is -0.143. The monoisotopic (exact) mass is 1750 g/mol. The first-order chi connectivity index (χ1) is 56.7. The number of carboxylic acids is 1. The molecule has 8 aromatic carbocycles. The molecule has 0 unspecified atom stereocenters. The second-order valence-corrected chi connectivity index (χ2v) is 29.9. The highest BCUT2D eigenvalue weighted by Gasteiger charge is 2.33. The van der Waals surface area contributed by atoms with Gasteiger partial charge in [-0.3, -0.25) is 19.0 Å². The van der Waals surface area contributed by atoms with Crippen molar-refractivity contribution in [2.45, 2.75) is 75.6 Å². The Kier molecular flexibility index (Phi) is 29.3. The van der Waals surface area contributed by atoms with Crippen LogP contribution in [0.25, 0.3) is 55.6 Å². The fraction of sp³-hybridized carbons (Fsp3) is 0.210. The Hall–Kier alpha value is -12.5. The summed E-state index contributed by atoms with van der Waals surface area (Å²) in [7, 11) is -3.34. The number of sulfonamides is 2. The van der Waals surface area contributed by atoms with E-state index in [0.717, 1.165) is 18.2 Å². The van der Waals surface area contributed by atoms with Gasteiger partial charge in [0, 0.05) is 70.0 Å². The molecule has 4 aromatic heterocycles. The number of carbonyl (C=O) groups is 4. The maximum absolute atomic E-state index is 15.3. The summed E-state index contributed by atoms with van der Waals surface area (Å²) in [6.07, 6.45) is 1.99. The van der Waals surface area contributed by atoms with Gasteiger partial charge in [0.15, 0.2) is 22.9 Å². The molecule has 0 bridgehead atoms. The van der Waals surface area contributed by atoms with Crippen LogP contribution >= 0.6 is 15.9 Å². The zero-order chi connectivity index (χ0) is 86.3. The number of rotatable bonds is 30. The Labute approximate surface area is 685 Å². The largest absolute Gasteiger partial charge is 0.497 e. The third-order valence-electron chi connectivity index (χ3n) is 17.8. The Morgan fingerprint density at radius 3 is 1.30 bits per heavy atom. The topological polar surface area (TPSA) is 388 Å². The van der Waals surface area contributed by atoms with E-state index < -0.39 is 121 Å². The van der Waals surface area contributed by atoms with Crippen LogP contribution in [0.15, 0.2) is 181 Å². The first kappa shape index (κ1) is 88.9. The van der Waals surface area contributed by atoms with E-state index in [1.54, 1.807) is 68.4 Å². The van der Waals surface area contributed by atoms with Gasteiger partial charge in [-0.2, -0.15) is 8.78 Å². The van der Waals surface area contributed by atoms with Crippen LogP contribution in [0.1, 0.15) is 68.6 Å². The average molecular weight is 1750 g/mol. The average Bonchev–Trinajstić information content (AvgIpc) is 1.68.